The number of halogens is 1. The fourth-order valence-corrected chi connectivity index (χ4v) is 4.30. The zero-order chi connectivity index (χ0) is 18.0. The standard InChI is InChI=1S/C20H23FN4O/c21-17-12-22-10-6-18(17)24-11-3-7-20(14-24)8-5-19(26)25(15-20)13-16-4-1-2-9-23-16/h1-2,4,6,9-10,12H,3,5,7-8,11,13-15H2. The minimum Gasteiger partial charge on any atom is -0.368 e. The van der Waals surface area contributed by atoms with Gasteiger partial charge < -0.3 is 9.80 Å². The first kappa shape index (κ1) is 16.9. The summed E-state index contributed by atoms with van der Waals surface area (Å²) < 4.78 is 14.2. The topological polar surface area (TPSA) is 49.3 Å². The van der Waals surface area contributed by atoms with E-state index in [1.165, 1.54) is 6.20 Å². The molecule has 136 valence electrons. The number of carbonyl (C=O) groups excluding carboxylic acids is 1. The summed E-state index contributed by atoms with van der Waals surface area (Å²) in [4.78, 5) is 24.7. The van der Waals surface area contributed by atoms with E-state index in [2.05, 4.69) is 14.9 Å². The predicted molar refractivity (Wildman–Crippen MR) is 97.0 cm³/mol. The van der Waals surface area contributed by atoms with Crippen molar-refractivity contribution in [1.29, 1.82) is 0 Å². The number of likely N-dealkylation sites (tertiary alicyclic amines) is 1. The van der Waals surface area contributed by atoms with Gasteiger partial charge in [0.2, 0.25) is 5.91 Å². The van der Waals surface area contributed by atoms with Crippen molar-refractivity contribution in [2.24, 2.45) is 5.41 Å². The Hall–Kier alpha value is -2.50. The Labute approximate surface area is 152 Å². The number of amides is 1. The minimum atomic E-state index is -0.276. The Morgan fingerprint density at radius 1 is 1.15 bits per heavy atom. The van der Waals surface area contributed by atoms with Crippen LogP contribution < -0.4 is 4.90 Å². The van der Waals surface area contributed by atoms with Crippen molar-refractivity contribution in [3.05, 3.63) is 54.4 Å². The number of pyridine rings is 2. The molecule has 0 bridgehead atoms. The van der Waals surface area contributed by atoms with Crippen molar-refractivity contribution < 1.29 is 9.18 Å². The molecule has 6 heteroatoms. The quantitative estimate of drug-likeness (QED) is 0.850. The second kappa shape index (κ2) is 7.02. The molecule has 0 aromatic carbocycles. The predicted octanol–water partition coefficient (Wildman–Crippen LogP) is 3.02. The lowest BCUT2D eigenvalue weighted by Gasteiger charge is -2.48. The molecule has 26 heavy (non-hydrogen) atoms. The van der Waals surface area contributed by atoms with Crippen molar-refractivity contribution in [3.63, 3.8) is 0 Å². The number of piperidine rings is 2. The number of rotatable bonds is 3. The van der Waals surface area contributed by atoms with Crippen LogP contribution in [0.25, 0.3) is 0 Å². The lowest BCUT2D eigenvalue weighted by Crippen LogP contribution is -2.54. The van der Waals surface area contributed by atoms with Gasteiger partial charge in [-0.2, -0.15) is 0 Å². The zero-order valence-corrected chi connectivity index (χ0v) is 14.8. The molecule has 1 unspecified atom stereocenters. The summed E-state index contributed by atoms with van der Waals surface area (Å²) in [6.45, 7) is 2.88. The normalized spacial score (nSPS) is 23.5. The fourth-order valence-electron chi connectivity index (χ4n) is 4.30. The maximum absolute atomic E-state index is 14.2. The van der Waals surface area contributed by atoms with Gasteiger partial charge >= 0.3 is 0 Å². The highest BCUT2D eigenvalue weighted by atomic mass is 19.1. The first-order valence-electron chi connectivity index (χ1n) is 9.17. The molecule has 1 atom stereocenters. The third-order valence-electron chi connectivity index (χ3n) is 5.58. The van der Waals surface area contributed by atoms with Crippen molar-refractivity contribution in [1.82, 2.24) is 14.9 Å². The molecular formula is C20H23FN4O. The van der Waals surface area contributed by atoms with Gasteiger partial charge in [0.15, 0.2) is 5.82 Å². The van der Waals surface area contributed by atoms with Crippen LogP contribution in [-0.4, -0.2) is 40.4 Å². The lowest BCUT2D eigenvalue weighted by molar-refractivity contribution is -0.138. The molecule has 1 amide bonds. The third-order valence-corrected chi connectivity index (χ3v) is 5.58. The van der Waals surface area contributed by atoms with Gasteiger partial charge in [-0.25, -0.2) is 4.39 Å². The average molecular weight is 354 g/mol. The van der Waals surface area contributed by atoms with Crippen LogP contribution in [0, 0.1) is 11.2 Å². The fraction of sp³-hybridized carbons (Fsp3) is 0.450. The summed E-state index contributed by atoms with van der Waals surface area (Å²) >= 11 is 0. The summed E-state index contributed by atoms with van der Waals surface area (Å²) in [6, 6.07) is 7.52. The van der Waals surface area contributed by atoms with E-state index in [9.17, 15) is 9.18 Å². The van der Waals surface area contributed by atoms with E-state index in [-0.39, 0.29) is 17.1 Å². The molecular weight excluding hydrogens is 331 g/mol. The third kappa shape index (κ3) is 3.41. The second-order valence-corrected chi connectivity index (χ2v) is 7.42. The van der Waals surface area contributed by atoms with Crippen molar-refractivity contribution >= 4 is 11.6 Å². The van der Waals surface area contributed by atoms with Crippen molar-refractivity contribution in [2.75, 3.05) is 24.5 Å². The molecule has 5 nitrogen and oxygen atoms in total. The molecule has 1 spiro atoms. The number of anilines is 1. The van der Waals surface area contributed by atoms with Crippen LogP contribution in [0.5, 0.6) is 0 Å². The second-order valence-electron chi connectivity index (χ2n) is 7.42. The van der Waals surface area contributed by atoms with Crippen LogP contribution in [0.4, 0.5) is 10.1 Å². The molecule has 0 radical (unpaired) electrons. The number of hydrogen-bond donors (Lipinski definition) is 0. The van der Waals surface area contributed by atoms with Crippen molar-refractivity contribution in [2.45, 2.75) is 32.2 Å². The Balaban J connectivity index is 1.52. The average Bonchev–Trinajstić information content (AvgIpc) is 2.66. The van der Waals surface area contributed by atoms with E-state index in [0.29, 0.717) is 25.2 Å². The molecule has 2 aromatic heterocycles. The molecule has 0 aliphatic carbocycles. The summed E-state index contributed by atoms with van der Waals surface area (Å²) in [5, 5.41) is 0. The van der Waals surface area contributed by atoms with Gasteiger partial charge in [-0.15, -0.1) is 0 Å². The Morgan fingerprint density at radius 3 is 2.88 bits per heavy atom. The van der Waals surface area contributed by atoms with Crippen molar-refractivity contribution in [3.8, 4) is 0 Å². The summed E-state index contributed by atoms with van der Waals surface area (Å²) in [5.74, 6) is -0.0877. The molecule has 4 rings (SSSR count). The summed E-state index contributed by atoms with van der Waals surface area (Å²) in [7, 11) is 0. The van der Waals surface area contributed by atoms with Crippen LogP contribution >= 0.6 is 0 Å². The molecule has 0 saturated carbocycles. The van der Waals surface area contributed by atoms with Crippen LogP contribution in [0.3, 0.4) is 0 Å². The molecule has 2 fully saturated rings. The highest BCUT2D eigenvalue weighted by Crippen LogP contribution is 2.40. The van der Waals surface area contributed by atoms with E-state index >= 15 is 0 Å². The van der Waals surface area contributed by atoms with E-state index < -0.39 is 0 Å². The largest absolute Gasteiger partial charge is 0.368 e. The van der Waals surface area contributed by atoms with Gasteiger partial charge in [0.1, 0.15) is 0 Å². The van der Waals surface area contributed by atoms with Gasteiger partial charge in [-0.3, -0.25) is 14.8 Å². The smallest absolute Gasteiger partial charge is 0.222 e. The Morgan fingerprint density at radius 2 is 2.08 bits per heavy atom. The molecule has 0 N–H and O–H groups in total. The van der Waals surface area contributed by atoms with Gasteiger partial charge in [-0.1, -0.05) is 6.07 Å². The number of nitrogens with zero attached hydrogens (tertiary/aromatic N) is 4. The highest BCUT2D eigenvalue weighted by molar-refractivity contribution is 5.77. The zero-order valence-electron chi connectivity index (χ0n) is 14.8. The number of carbonyl (C=O) groups is 1. The molecule has 2 aromatic rings. The first-order valence-corrected chi connectivity index (χ1v) is 9.17. The van der Waals surface area contributed by atoms with Gasteiger partial charge in [0, 0.05) is 43.9 Å². The number of aromatic nitrogens is 2. The summed E-state index contributed by atoms with van der Waals surface area (Å²) in [5.41, 5.74) is 1.55. The molecule has 4 heterocycles. The summed E-state index contributed by atoms with van der Waals surface area (Å²) in [6.07, 6.45) is 8.17. The van der Waals surface area contributed by atoms with Gasteiger partial charge in [0.05, 0.1) is 24.1 Å². The minimum absolute atomic E-state index is 0.0245. The number of hydrogen-bond acceptors (Lipinski definition) is 4. The maximum Gasteiger partial charge on any atom is 0.222 e. The monoisotopic (exact) mass is 354 g/mol. The van der Waals surface area contributed by atoms with Gasteiger partial charge in [0.25, 0.3) is 0 Å². The van der Waals surface area contributed by atoms with Crippen LogP contribution in [0.15, 0.2) is 42.9 Å². The van der Waals surface area contributed by atoms with E-state index in [4.69, 9.17) is 0 Å². The Bertz CT molecular complexity index is 784. The molecule has 2 saturated heterocycles. The van der Waals surface area contributed by atoms with Crippen LogP contribution in [-0.2, 0) is 11.3 Å². The Kier molecular flexibility index (Phi) is 4.57. The molecule has 2 aliphatic rings. The van der Waals surface area contributed by atoms with Crippen LogP contribution in [0.1, 0.15) is 31.4 Å². The first-order chi connectivity index (χ1) is 12.7. The lowest BCUT2D eigenvalue weighted by atomic mass is 9.73. The van der Waals surface area contributed by atoms with E-state index in [0.717, 1.165) is 38.0 Å². The van der Waals surface area contributed by atoms with E-state index in [1.54, 1.807) is 18.5 Å². The van der Waals surface area contributed by atoms with Gasteiger partial charge in [-0.05, 0) is 37.5 Å². The van der Waals surface area contributed by atoms with E-state index in [1.807, 2.05) is 23.1 Å². The SMILES string of the molecule is O=C1CCC2(CCCN(c3ccncc3F)C2)CN1Cc1ccccn1. The highest BCUT2D eigenvalue weighted by Gasteiger charge is 2.42. The van der Waals surface area contributed by atoms with Crippen LogP contribution in [0.2, 0.25) is 0 Å². The molecule has 2 aliphatic heterocycles. The maximum atomic E-state index is 14.2.